The summed E-state index contributed by atoms with van der Waals surface area (Å²) in [4.78, 5) is 0. The van der Waals surface area contributed by atoms with Crippen molar-refractivity contribution in [3.63, 3.8) is 0 Å². The molecule has 2 atom stereocenters. The first-order valence-electron chi connectivity index (χ1n) is 7.30. The molecular formula is C17H22N2O. The molecule has 1 heterocycles. The summed E-state index contributed by atoms with van der Waals surface area (Å²) >= 11 is 0. The Morgan fingerprint density at radius 2 is 2.05 bits per heavy atom. The van der Waals surface area contributed by atoms with Crippen LogP contribution in [0.1, 0.15) is 25.3 Å². The zero-order valence-corrected chi connectivity index (χ0v) is 11.9. The van der Waals surface area contributed by atoms with Crippen LogP contribution in [-0.4, -0.2) is 18.2 Å². The number of benzene rings is 2. The van der Waals surface area contributed by atoms with Crippen LogP contribution in [0.5, 0.6) is 0 Å². The zero-order chi connectivity index (χ0) is 14.0. The average molecular weight is 270 g/mol. The Morgan fingerprint density at radius 1 is 1.25 bits per heavy atom. The summed E-state index contributed by atoms with van der Waals surface area (Å²) in [6.07, 6.45) is 3.06. The highest BCUT2D eigenvalue weighted by molar-refractivity contribution is 5.85. The second-order valence-corrected chi connectivity index (χ2v) is 5.83. The molecule has 0 radical (unpaired) electrons. The fraction of sp³-hybridized carbons (Fsp3) is 0.412. The summed E-state index contributed by atoms with van der Waals surface area (Å²) in [5, 5.41) is 2.58. The van der Waals surface area contributed by atoms with Crippen LogP contribution in [0.3, 0.4) is 0 Å². The molecular weight excluding hydrogens is 248 g/mol. The van der Waals surface area contributed by atoms with Gasteiger partial charge in [-0.15, -0.1) is 0 Å². The molecule has 3 rings (SSSR count). The van der Waals surface area contributed by atoms with Gasteiger partial charge in [0.15, 0.2) is 0 Å². The number of hydrogen-bond donors (Lipinski definition) is 2. The summed E-state index contributed by atoms with van der Waals surface area (Å²) in [6, 6.07) is 15.1. The summed E-state index contributed by atoms with van der Waals surface area (Å²) in [5.41, 5.74) is 4.13. The van der Waals surface area contributed by atoms with Crippen LogP contribution in [0.4, 0.5) is 0 Å². The van der Waals surface area contributed by atoms with E-state index in [0.717, 1.165) is 25.9 Å². The Bertz CT molecular complexity index is 585. The van der Waals surface area contributed by atoms with Crippen LogP contribution in [0, 0.1) is 0 Å². The van der Waals surface area contributed by atoms with E-state index in [0.29, 0.717) is 0 Å². The van der Waals surface area contributed by atoms with Crippen molar-refractivity contribution < 1.29 is 4.74 Å². The predicted molar refractivity (Wildman–Crippen MR) is 82.4 cm³/mol. The molecule has 2 aromatic carbocycles. The largest absolute Gasteiger partial charge is 0.374 e. The van der Waals surface area contributed by atoms with Gasteiger partial charge in [-0.3, -0.25) is 11.3 Å². The maximum absolute atomic E-state index is 5.94. The van der Waals surface area contributed by atoms with E-state index < -0.39 is 0 Å². The minimum Gasteiger partial charge on any atom is -0.374 e. The molecule has 0 aromatic heterocycles. The van der Waals surface area contributed by atoms with Crippen LogP contribution < -0.4 is 11.3 Å². The van der Waals surface area contributed by atoms with Crippen LogP contribution in [-0.2, 0) is 11.2 Å². The molecule has 0 aliphatic carbocycles. The van der Waals surface area contributed by atoms with Crippen LogP contribution >= 0.6 is 0 Å². The molecule has 2 aromatic rings. The number of hydrogen-bond acceptors (Lipinski definition) is 3. The minimum atomic E-state index is -0.161. The first-order valence-corrected chi connectivity index (χ1v) is 7.30. The minimum absolute atomic E-state index is 0.135. The number of nitrogens with one attached hydrogen (secondary N) is 1. The quantitative estimate of drug-likeness (QED) is 0.663. The van der Waals surface area contributed by atoms with Gasteiger partial charge in [-0.1, -0.05) is 42.5 Å². The third-order valence-electron chi connectivity index (χ3n) is 4.49. The molecule has 1 aliphatic rings. The molecule has 1 fully saturated rings. The van der Waals surface area contributed by atoms with Gasteiger partial charge in [0.25, 0.3) is 0 Å². The molecule has 106 valence electrons. The third kappa shape index (κ3) is 2.44. The molecule has 1 saturated heterocycles. The van der Waals surface area contributed by atoms with Crippen molar-refractivity contribution >= 4 is 10.8 Å². The van der Waals surface area contributed by atoms with Crippen molar-refractivity contribution in [2.45, 2.75) is 37.8 Å². The maximum atomic E-state index is 5.94. The van der Waals surface area contributed by atoms with E-state index in [1.165, 1.54) is 16.3 Å². The Hall–Kier alpha value is -1.42. The van der Waals surface area contributed by atoms with Crippen LogP contribution in [0.25, 0.3) is 10.8 Å². The van der Waals surface area contributed by atoms with Gasteiger partial charge in [0, 0.05) is 6.61 Å². The standard InChI is InChI=1S/C17H22N2O/c1-17(10-5-11-20-17)16(19-18)12-14-8-4-7-13-6-2-3-9-15(13)14/h2-4,6-9,16,19H,5,10-12,18H2,1H3. The van der Waals surface area contributed by atoms with Gasteiger partial charge in [-0.05, 0) is 42.5 Å². The van der Waals surface area contributed by atoms with Crippen molar-refractivity contribution in [1.82, 2.24) is 5.43 Å². The molecule has 3 N–H and O–H groups in total. The van der Waals surface area contributed by atoms with Crippen molar-refractivity contribution in [1.29, 1.82) is 0 Å². The lowest BCUT2D eigenvalue weighted by atomic mass is 9.87. The van der Waals surface area contributed by atoms with E-state index in [2.05, 4.69) is 54.8 Å². The van der Waals surface area contributed by atoms with Gasteiger partial charge < -0.3 is 4.74 Å². The summed E-state index contributed by atoms with van der Waals surface area (Å²) in [5.74, 6) is 5.80. The highest BCUT2D eigenvalue weighted by Crippen LogP contribution is 2.31. The lowest BCUT2D eigenvalue weighted by molar-refractivity contribution is -0.0114. The second kappa shape index (κ2) is 5.52. The lowest BCUT2D eigenvalue weighted by Crippen LogP contribution is -2.52. The Balaban J connectivity index is 1.91. The summed E-state index contributed by atoms with van der Waals surface area (Å²) in [6.45, 7) is 3.00. The predicted octanol–water partition coefficient (Wildman–Crippen LogP) is 2.78. The van der Waals surface area contributed by atoms with Gasteiger partial charge in [0.2, 0.25) is 0 Å². The molecule has 0 bridgehead atoms. The van der Waals surface area contributed by atoms with Gasteiger partial charge in [-0.25, -0.2) is 0 Å². The monoisotopic (exact) mass is 270 g/mol. The maximum Gasteiger partial charge on any atom is 0.0824 e. The van der Waals surface area contributed by atoms with Crippen molar-refractivity contribution in [3.8, 4) is 0 Å². The Morgan fingerprint density at radius 3 is 2.80 bits per heavy atom. The van der Waals surface area contributed by atoms with Gasteiger partial charge in [-0.2, -0.15) is 0 Å². The summed E-state index contributed by atoms with van der Waals surface area (Å²) in [7, 11) is 0. The molecule has 3 heteroatoms. The summed E-state index contributed by atoms with van der Waals surface area (Å²) < 4.78 is 5.94. The van der Waals surface area contributed by atoms with E-state index in [1.807, 2.05) is 0 Å². The van der Waals surface area contributed by atoms with Crippen molar-refractivity contribution in [2.75, 3.05) is 6.61 Å². The number of rotatable bonds is 4. The van der Waals surface area contributed by atoms with E-state index in [9.17, 15) is 0 Å². The van der Waals surface area contributed by atoms with Gasteiger partial charge in [0.1, 0.15) is 0 Å². The highest BCUT2D eigenvalue weighted by Gasteiger charge is 2.37. The molecule has 1 aliphatic heterocycles. The fourth-order valence-electron chi connectivity index (χ4n) is 3.22. The van der Waals surface area contributed by atoms with Gasteiger partial charge >= 0.3 is 0 Å². The number of hydrazine groups is 1. The Labute approximate surface area is 120 Å². The number of nitrogens with two attached hydrogens (primary N) is 1. The molecule has 2 unspecified atom stereocenters. The highest BCUT2D eigenvalue weighted by atomic mass is 16.5. The van der Waals surface area contributed by atoms with Crippen LogP contribution in [0.15, 0.2) is 42.5 Å². The first kappa shape index (κ1) is 13.6. The first-order chi connectivity index (χ1) is 9.73. The van der Waals surface area contributed by atoms with Crippen molar-refractivity contribution in [2.24, 2.45) is 5.84 Å². The topological polar surface area (TPSA) is 47.3 Å². The van der Waals surface area contributed by atoms with E-state index in [1.54, 1.807) is 0 Å². The molecule has 3 nitrogen and oxygen atoms in total. The Kier molecular flexibility index (Phi) is 3.74. The van der Waals surface area contributed by atoms with E-state index in [-0.39, 0.29) is 11.6 Å². The molecule has 0 amide bonds. The SMILES string of the molecule is CC1(C(Cc2cccc3ccccc23)NN)CCCO1. The fourth-order valence-corrected chi connectivity index (χ4v) is 3.22. The van der Waals surface area contributed by atoms with Crippen molar-refractivity contribution in [3.05, 3.63) is 48.0 Å². The normalized spacial score (nSPS) is 24.1. The molecule has 0 spiro atoms. The smallest absolute Gasteiger partial charge is 0.0824 e. The molecule has 20 heavy (non-hydrogen) atoms. The van der Waals surface area contributed by atoms with E-state index >= 15 is 0 Å². The van der Waals surface area contributed by atoms with E-state index in [4.69, 9.17) is 10.6 Å². The molecule has 0 saturated carbocycles. The lowest BCUT2D eigenvalue weighted by Gasteiger charge is -2.33. The number of ether oxygens (including phenoxy) is 1. The second-order valence-electron chi connectivity index (χ2n) is 5.83. The zero-order valence-electron chi connectivity index (χ0n) is 11.9. The van der Waals surface area contributed by atoms with Crippen LogP contribution in [0.2, 0.25) is 0 Å². The third-order valence-corrected chi connectivity index (χ3v) is 4.49. The number of fused-ring (bicyclic) bond motifs is 1. The van der Waals surface area contributed by atoms with Gasteiger partial charge in [0.05, 0.1) is 11.6 Å². The average Bonchev–Trinajstić information content (AvgIpc) is 2.92.